The van der Waals surface area contributed by atoms with E-state index in [9.17, 15) is 13.2 Å². The lowest BCUT2D eigenvalue weighted by atomic mass is 10.2. The van der Waals surface area contributed by atoms with Gasteiger partial charge in [0.2, 0.25) is 5.91 Å². The van der Waals surface area contributed by atoms with Crippen LogP contribution in [0, 0.1) is 0 Å². The van der Waals surface area contributed by atoms with E-state index in [0.717, 1.165) is 9.99 Å². The molecular formula is C25H26ClN3O4S. The minimum atomic E-state index is -4.02. The monoisotopic (exact) mass is 499 g/mol. The zero-order valence-corrected chi connectivity index (χ0v) is 20.4. The van der Waals surface area contributed by atoms with Gasteiger partial charge in [0.25, 0.3) is 10.0 Å². The number of piperazine rings is 1. The van der Waals surface area contributed by atoms with Crippen LogP contribution in [-0.4, -0.2) is 59.1 Å². The Morgan fingerprint density at radius 3 is 2.24 bits per heavy atom. The van der Waals surface area contributed by atoms with Crippen LogP contribution in [0.1, 0.15) is 0 Å². The Morgan fingerprint density at radius 1 is 0.941 bits per heavy atom. The molecule has 0 aliphatic carbocycles. The molecule has 0 spiro atoms. The van der Waals surface area contributed by atoms with Gasteiger partial charge in [-0.15, -0.1) is 0 Å². The number of rotatable bonds is 7. The molecule has 3 aromatic rings. The third-order valence-corrected chi connectivity index (χ3v) is 7.80. The first-order valence-corrected chi connectivity index (χ1v) is 12.7. The van der Waals surface area contributed by atoms with Gasteiger partial charge < -0.3 is 14.5 Å². The summed E-state index contributed by atoms with van der Waals surface area (Å²) < 4.78 is 33.4. The predicted molar refractivity (Wildman–Crippen MR) is 134 cm³/mol. The number of benzene rings is 3. The lowest BCUT2D eigenvalue weighted by Gasteiger charge is -2.37. The van der Waals surface area contributed by atoms with Gasteiger partial charge in [0.1, 0.15) is 12.3 Å². The maximum atomic E-state index is 13.6. The van der Waals surface area contributed by atoms with Gasteiger partial charge in [-0.25, -0.2) is 8.42 Å². The number of hydrogen-bond donors (Lipinski definition) is 0. The Balaban J connectivity index is 1.54. The number of halogens is 1. The Kier molecular flexibility index (Phi) is 7.29. The van der Waals surface area contributed by atoms with Crippen LogP contribution in [0.3, 0.4) is 0 Å². The summed E-state index contributed by atoms with van der Waals surface area (Å²) >= 11 is 6.15. The van der Waals surface area contributed by atoms with E-state index in [1.54, 1.807) is 41.3 Å². The van der Waals surface area contributed by atoms with Crippen molar-refractivity contribution < 1.29 is 17.9 Å². The molecule has 0 N–H and O–H groups in total. The van der Waals surface area contributed by atoms with Crippen LogP contribution in [0.25, 0.3) is 0 Å². The lowest BCUT2D eigenvalue weighted by molar-refractivity contribution is -0.129. The largest absolute Gasteiger partial charge is 0.497 e. The van der Waals surface area contributed by atoms with Crippen LogP contribution >= 0.6 is 11.6 Å². The summed E-state index contributed by atoms with van der Waals surface area (Å²) in [6.45, 7) is 2.07. The highest BCUT2D eigenvalue weighted by atomic mass is 35.5. The van der Waals surface area contributed by atoms with Gasteiger partial charge in [-0.3, -0.25) is 9.10 Å². The molecule has 0 unspecified atom stereocenters. The van der Waals surface area contributed by atoms with Gasteiger partial charge in [0.15, 0.2) is 0 Å². The zero-order valence-electron chi connectivity index (χ0n) is 18.8. The average molecular weight is 500 g/mol. The van der Waals surface area contributed by atoms with Crippen molar-refractivity contribution in [2.75, 3.05) is 49.0 Å². The van der Waals surface area contributed by atoms with E-state index < -0.39 is 10.0 Å². The minimum absolute atomic E-state index is 0.0648. The van der Waals surface area contributed by atoms with Gasteiger partial charge in [-0.2, -0.15) is 0 Å². The molecule has 1 fully saturated rings. The molecule has 1 heterocycles. The van der Waals surface area contributed by atoms with Crippen molar-refractivity contribution in [1.29, 1.82) is 0 Å². The summed E-state index contributed by atoms with van der Waals surface area (Å²) in [5.41, 5.74) is 1.44. The first kappa shape index (κ1) is 23.9. The molecule has 7 nitrogen and oxygen atoms in total. The fourth-order valence-corrected chi connectivity index (χ4v) is 5.49. The quantitative estimate of drug-likeness (QED) is 0.493. The van der Waals surface area contributed by atoms with Crippen LogP contribution < -0.4 is 13.9 Å². The summed E-state index contributed by atoms with van der Waals surface area (Å²) in [6, 6.07) is 22.6. The van der Waals surface area contributed by atoms with Crippen molar-refractivity contribution >= 4 is 38.9 Å². The molecule has 0 atom stereocenters. The number of methoxy groups -OCH3 is 1. The summed E-state index contributed by atoms with van der Waals surface area (Å²) in [6.07, 6.45) is 0. The van der Waals surface area contributed by atoms with E-state index in [-0.39, 0.29) is 17.3 Å². The molecule has 3 aromatic carbocycles. The number of sulfonamides is 1. The number of carbonyl (C=O) groups excluding carboxylic acids is 1. The Hall–Kier alpha value is -3.23. The van der Waals surface area contributed by atoms with Gasteiger partial charge in [0.05, 0.1) is 17.7 Å². The third kappa shape index (κ3) is 5.29. The maximum Gasteiger partial charge on any atom is 0.264 e. The number of carbonyl (C=O) groups is 1. The van der Waals surface area contributed by atoms with E-state index in [0.29, 0.717) is 42.6 Å². The zero-order chi connectivity index (χ0) is 24.1. The minimum Gasteiger partial charge on any atom is -0.497 e. The van der Waals surface area contributed by atoms with Crippen molar-refractivity contribution in [3.63, 3.8) is 0 Å². The molecule has 4 rings (SSSR count). The van der Waals surface area contributed by atoms with Crippen LogP contribution in [-0.2, 0) is 14.8 Å². The van der Waals surface area contributed by atoms with Gasteiger partial charge >= 0.3 is 0 Å². The topological polar surface area (TPSA) is 70.2 Å². The van der Waals surface area contributed by atoms with E-state index in [2.05, 4.69) is 4.90 Å². The smallest absolute Gasteiger partial charge is 0.264 e. The summed E-state index contributed by atoms with van der Waals surface area (Å²) in [5, 5.41) is 0.386. The van der Waals surface area contributed by atoms with E-state index in [1.165, 1.54) is 19.2 Å². The Morgan fingerprint density at radius 2 is 1.62 bits per heavy atom. The molecule has 0 radical (unpaired) electrons. The molecule has 0 bridgehead atoms. The second-order valence-corrected chi connectivity index (χ2v) is 10.2. The molecule has 1 aliphatic heterocycles. The highest BCUT2D eigenvalue weighted by Gasteiger charge is 2.30. The fourth-order valence-electron chi connectivity index (χ4n) is 3.90. The Bertz CT molecular complexity index is 1230. The van der Waals surface area contributed by atoms with Gasteiger partial charge in [-0.1, -0.05) is 35.9 Å². The summed E-state index contributed by atoms with van der Waals surface area (Å²) in [7, 11) is -2.51. The number of ether oxygens (including phenoxy) is 1. The molecule has 34 heavy (non-hydrogen) atoms. The van der Waals surface area contributed by atoms with Crippen molar-refractivity contribution in [2.45, 2.75) is 4.90 Å². The number of amides is 1. The molecule has 1 aliphatic rings. The average Bonchev–Trinajstić information content (AvgIpc) is 2.87. The first-order chi connectivity index (χ1) is 16.4. The summed E-state index contributed by atoms with van der Waals surface area (Å²) in [5.74, 6) is 0.283. The van der Waals surface area contributed by atoms with Crippen LogP contribution in [0.2, 0.25) is 5.02 Å². The molecular weight excluding hydrogens is 474 g/mol. The fraction of sp³-hybridized carbons (Fsp3) is 0.240. The Labute approximate surface area is 205 Å². The molecule has 178 valence electrons. The standard InChI is InChI=1S/C25H26ClN3O4S/c1-33-23-10-12-24(13-11-23)34(31,32)29(22-9-5-6-20(26)18-22)19-25(30)28-16-14-27(15-17-28)21-7-3-2-4-8-21/h2-13,18H,14-17,19H2,1H3. The molecule has 0 aromatic heterocycles. The number of hydrogen-bond acceptors (Lipinski definition) is 5. The highest BCUT2D eigenvalue weighted by molar-refractivity contribution is 7.92. The lowest BCUT2D eigenvalue weighted by Crippen LogP contribution is -2.52. The second-order valence-electron chi connectivity index (χ2n) is 7.87. The summed E-state index contributed by atoms with van der Waals surface area (Å²) in [4.78, 5) is 17.2. The van der Waals surface area contributed by atoms with Crippen molar-refractivity contribution in [3.8, 4) is 5.75 Å². The van der Waals surface area contributed by atoms with Crippen molar-refractivity contribution in [2.24, 2.45) is 0 Å². The van der Waals surface area contributed by atoms with Crippen molar-refractivity contribution in [1.82, 2.24) is 4.90 Å². The SMILES string of the molecule is COc1ccc(S(=O)(=O)N(CC(=O)N2CCN(c3ccccc3)CC2)c2cccc(Cl)c2)cc1. The second kappa shape index (κ2) is 10.4. The maximum absolute atomic E-state index is 13.6. The molecule has 9 heteroatoms. The predicted octanol–water partition coefficient (Wildman–Crippen LogP) is 3.89. The van der Waals surface area contributed by atoms with Crippen LogP contribution in [0.5, 0.6) is 5.75 Å². The van der Waals surface area contributed by atoms with Crippen molar-refractivity contribution in [3.05, 3.63) is 83.9 Å². The normalized spacial score (nSPS) is 14.1. The number of para-hydroxylation sites is 1. The van der Waals surface area contributed by atoms with Crippen LogP contribution in [0.4, 0.5) is 11.4 Å². The number of nitrogens with zero attached hydrogens (tertiary/aromatic N) is 3. The van der Waals surface area contributed by atoms with E-state index in [1.807, 2.05) is 30.3 Å². The molecule has 1 saturated heterocycles. The molecule has 0 saturated carbocycles. The highest BCUT2D eigenvalue weighted by Crippen LogP contribution is 2.27. The number of anilines is 2. The third-order valence-electron chi connectivity index (χ3n) is 5.78. The van der Waals surface area contributed by atoms with Gasteiger partial charge in [0, 0.05) is 36.9 Å². The van der Waals surface area contributed by atoms with E-state index in [4.69, 9.17) is 16.3 Å². The first-order valence-electron chi connectivity index (χ1n) is 10.9. The van der Waals surface area contributed by atoms with E-state index >= 15 is 0 Å². The van der Waals surface area contributed by atoms with Crippen LogP contribution in [0.15, 0.2) is 83.8 Å². The molecule has 1 amide bonds. The van der Waals surface area contributed by atoms with Gasteiger partial charge in [-0.05, 0) is 54.6 Å².